The van der Waals surface area contributed by atoms with E-state index in [0.717, 1.165) is 35.2 Å². The van der Waals surface area contributed by atoms with Gasteiger partial charge in [0.2, 0.25) is 5.88 Å². The molecule has 1 aromatic heterocycles. The lowest BCUT2D eigenvalue weighted by Gasteiger charge is -2.34. The van der Waals surface area contributed by atoms with Crippen LogP contribution in [-0.4, -0.2) is 11.1 Å². The van der Waals surface area contributed by atoms with Crippen molar-refractivity contribution in [2.75, 3.05) is 5.73 Å². The zero-order chi connectivity index (χ0) is 16.2. The fourth-order valence-electron chi connectivity index (χ4n) is 2.95. The summed E-state index contributed by atoms with van der Waals surface area (Å²) in [5, 5.41) is 2.03. The number of rotatable bonds is 2. The van der Waals surface area contributed by atoms with Crippen molar-refractivity contribution in [2.45, 2.75) is 59.5 Å². The topological polar surface area (TPSA) is 48.1 Å². The van der Waals surface area contributed by atoms with Crippen molar-refractivity contribution in [3.05, 3.63) is 30.5 Å². The highest BCUT2D eigenvalue weighted by Gasteiger charge is 2.28. The van der Waals surface area contributed by atoms with Gasteiger partial charge in [0.15, 0.2) is 0 Å². The van der Waals surface area contributed by atoms with Crippen molar-refractivity contribution in [3.63, 3.8) is 0 Å². The third-order valence-electron chi connectivity index (χ3n) is 4.37. The van der Waals surface area contributed by atoms with Gasteiger partial charge in [-0.15, -0.1) is 0 Å². The number of hydrogen-bond donors (Lipinski definition) is 1. The third-order valence-corrected chi connectivity index (χ3v) is 4.37. The zero-order valence-corrected chi connectivity index (χ0v) is 14.2. The minimum Gasteiger partial charge on any atom is -0.474 e. The maximum atomic E-state index is 6.15. The highest BCUT2D eigenvalue weighted by atomic mass is 16.5. The number of nitrogens with two attached hydrogens (primary N) is 1. The number of fused-ring (bicyclic) bond motifs is 1. The molecule has 1 fully saturated rings. The summed E-state index contributed by atoms with van der Waals surface area (Å²) in [6.07, 6.45) is 6.69. The molecule has 0 spiro atoms. The molecule has 1 saturated carbocycles. The quantitative estimate of drug-likeness (QED) is 0.776. The van der Waals surface area contributed by atoms with Crippen molar-refractivity contribution in [2.24, 2.45) is 5.41 Å². The molecule has 0 amide bonds. The first-order chi connectivity index (χ1) is 10.6. The molecular weight excluding hydrogens is 272 g/mol. The Kier molecular flexibility index (Phi) is 5.28. The van der Waals surface area contributed by atoms with Crippen molar-refractivity contribution >= 4 is 16.5 Å². The Morgan fingerprint density at radius 2 is 1.77 bits per heavy atom. The number of ether oxygens (including phenoxy) is 1. The summed E-state index contributed by atoms with van der Waals surface area (Å²) in [5.74, 6) is 0.722. The highest BCUT2D eigenvalue weighted by molar-refractivity contribution is 5.95. The minimum atomic E-state index is 0.280. The van der Waals surface area contributed by atoms with Crippen LogP contribution in [-0.2, 0) is 0 Å². The second kappa shape index (κ2) is 6.99. The van der Waals surface area contributed by atoms with Crippen LogP contribution in [0.2, 0.25) is 0 Å². The van der Waals surface area contributed by atoms with Gasteiger partial charge < -0.3 is 10.5 Å². The molecule has 3 rings (SSSR count). The minimum absolute atomic E-state index is 0.280. The summed E-state index contributed by atoms with van der Waals surface area (Å²) in [6.45, 7) is 8.67. The molecule has 3 nitrogen and oxygen atoms in total. The van der Waals surface area contributed by atoms with Gasteiger partial charge in [0.25, 0.3) is 0 Å². The number of nitrogen functional groups attached to an aromatic ring is 1. The molecule has 0 radical (unpaired) electrons. The molecule has 1 aromatic carbocycles. The lowest BCUT2D eigenvalue weighted by atomic mass is 9.76. The summed E-state index contributed by atoms with van der Waals surface area (Å²) in [7, 11) is 0. The molecule has 0 aliphatic heterocycles. The van der Waals surface area contributed by atoms with Gasteiger partial charge in [0.05, 0.1) is 0 Å². The second-order valence-corrected chi connectivity index (χ2v) is 6.54. The summed E-state index contributed by atoms with van der Waals surface area (Å²) in [6, 6.07) is 7.84. The molecule has 120 valence electrons. The molecule has 1 aliphatic carbocycles. The van der Waals surface area contributed by atoms with E-state index >= 15 is 0 Å². The average molecular weight is 300 g/mol. The Morgan fingerprint density at radius 3 is 2.45 bits per heavy atom. The molecule has 0 unspecified atom stereocenters. The van der Waals surface area contributed by atoms with Crippen LogP contribution >= 0.6 is 0 Å². The lowest BCUT2D eigenvalue weighted by Crippen LogP contribution is -2.28. The van der Waals surface area contributed by atoms with Crippen LogP contribution in [0.1, 0.15) is 53.4 Å². The van der Waals surface area contributed by atoms with Gasteiger partial charge in [-0.3, -0.25) is 0 Å². The monoisotopic (exact) mass is 300 g/mol. The predicted octanol–water partition coefficient (Wildman–Crippen LogP) is 5.19. The van der Waals surface area contributed by atoms with E-state index in [9.17, 15) is 0 Å². The van der Waals surface area contributed by atoms with E-state index in [1.54, 1.807) is 6.20 Å². The van der Waals surface area contributed by atoms with Crippen molar-refractivity contribution in [1.82, 2.24) is 4.98 Å². The number of anilines is 1. The van der Waals surface area contributed by atoms with Gasteiger partial charge in [-0.25, -0.2) is 4.98 Å². The molecule has 2 N–H and O–H groups in total. The predicted molar refractivity (Wildman–Crippen MR) is 94.2 cm³/mol. The summed E-state index contributed by atoms with van der Waals surface area (Å²) < 4.78 is 6.15. The maximum Gasteiger partial charge on any atom is 0.221 e. The number of nitrogens with zero attached hydrogens (tertiary/aromatic N) is 1. The molecule has 1 aliphatic rings. The normalized spacial score (nSPS) is 17.6. The Morgan fingerprint density at radius 1 is 1.09 bits per heavy atom. The summed E-state index contributed by atoms with van der Waals surface area (Å²) in [4.78, 5) is 4.40. The third kappa shape index (κ3) is 3.70. The first-order valence-corrected chi connectivity index (χ1v) is 8.35. The summed E-state index contributed by atoms with van der Waals surface area (Å²) in [5.41, 5.74) is 7.24. The van der Waals surface area contributed by atoms with Gasteiger partial charge in [-0.1, -0.05) is 33.8 Å². The first kappa shape index (κ1) is 16.6. The van der Waals surface area contributed by atoms with E-state index in [4.69, 9.17) is 10.5 Å². The van der Waals surface area contributed by atoms with Crippen LogP contribution in [0.5, 0.6) is 5.88 Å². The van der Waals surface area contributed by atoms with E-state index in [-0.39, 0.29) is 6.10 Å². The van der Waals surface area contributed by atoms with E-state index in [1.807, 2.05) is 38.1 Å². The van der Waals surface area contributed by atoms with E-state index in [2.05, 4.69) is 18.8 Å². The van der Waals surface area contributed by atoms with Crippen LogP contribution in [0.4, 0.5) is 5.69 Å². The highest BCUT2D eigenvalue weighted by Crippen LogP contribution is 2.37. The smallest absolute Gasteiger partial charge is 0.221 e. The Hall–Kier alpha value is -1.77. The first-order valence-electron chi connectivity index (χ1n) is 8.35. The Bertz CT molecular complexity index is 612. The molecule has 1 heterocycles. The molecule has 0 atom stereocenters. The van der Waals surface area contributed by atoms with Gasteiger partial charge in [0, 0.05) is 22.7 Å². The Labute approximate surface area is 133 Å². The molecular formula is C19H28N2O. The standard InChI is InChI=1S/C17H22N2O.C2H6/c1-17(2)9-6-12(7-10-17)20-16-14-4-3-5-15(18)13(14)8-11-19-16;1-2/h3-5,8,11-12H,6-7,9-10,18H2,1-2H3;1-2H3. The van der Waals surface area contributed by atoms with Crippen LogP contribution in [0.15, 0.2) is 30.5 Å². The number of hydrogen-bond acceptors (Lipinski definition) is 3. The number of aromatic nitrogens is 1. The SMILES string of the molecule is CC.CC1(C)CCC(Oc2nccc3c(N)cccc23)CC1. The van der Waals surface area contributed by atoms with E-state index in [0.29, 0.717) is 5.41 Å². The van der Waals surface area contributed by atoms with Crippen LogP contribution in [0, 0.1) is 5.41 Å². The van der Waals surface area contributed by atoms with Crippen molar-refractivity contribution in [3.8, 4) is 5.88 Å². The maximum absolute atomic E-state index is 6.15. The van der Waals surface area contributed by atoms with Crippen LogP contribution in [0.3, 0.4) is 0 Å². The summed E-state index contributed by atoms with van der Waals surface area (Å²) >= 11 is 0. The molecule has 3 heteroatoms. The largest absolute Gasteiger partial charge is 0.474 e. The number of pyridine rings is 1. The van der Waals surface area contributed by atoms with Crippen molar-refractivity contribution in [1.29, 1.82) is 0 Å². The second-order valence-electron chi connectivity index (χ2n) is 6.54. The number of benzene rings is 1. The van der Waals surface area contributed by atoms with E-state index in [1.165, 1.54) is 12.8 Å². The Balaban J connectivity index is 0.000000847. The fraction of sp³-hybridized carbons (Fsp3) is 0.526. The lowest BCUT2D eigenvalue weighted by molar-refractivity contribution is 0.0963. The molecule has 22 heavy (non-hydrogen) atoms. The van der Waals surface area contributed by atoms with Crippen LogP contribution in [0.25, 0.3) is 10.8 Å². The van der Waals surface area contributed by atoms with Gasteiger partial charge in [0.1, 0.15) is 6.10 Å². The van der Waals surface area contributed by atoms with Crippen molar-refractivity contribution < 1.29 is 4.74 Å². The average Bonchev–Trinajstić information content (AvgIpc) is 2.52. The van der Waals surface area contributed by atoms with Gasteiger partial charge in [-0.2, -0.15) is 0 Å². The zero-order valence-electron chi connectivity index (χ0n) is 14.2. The molecule has 0 bridgehead atoms. The van der Waals surface area contributed by atoms with Gasteiger partial charge >= 0.3 is 0 Å². The van der Waals surface area contributed by atoms with Gasteiger partial charge in [-0.05, 0) is 49.3 Å². The fourth-order valence-corrected chi connectivity index (χ4v) is 2.95. The van der Waals surface area contributed by atoms with Crippen LogP contribution < -0.4 is 10.5 Å². The van der Waals surface area contributed by atoms with E-state index < -0.39 is 0 Å². The molecule has 2 aromatic rings. The molecule has 0 saturated heterocycles.